The Hall–Kier alpha value is -1.72. The molecule has 3 N–H and O–H groups in total. The van der Waals surface area contributed by atoms with Crippen LogP contribution in [-0.2, 0) is 7.05 Å². The van der Waals surface area contributed by atoms with E-state index in [0.29, 0.717) is 0 Å². The Morgan fingerprint density at radius 3 is 2.41 bits per heavy atom. The quantitative estimate of drug-likeness (QED) is 0.610. The lowest BCUT2D eigenvalue weighted by molar-refractivity contribution is 0.566. The van der Waals surface area contributed by atoms with Crippen molar-refractivity contribution in [1.82, 2.24) is 20.4 Å². The van der Waals surface area contributed by atoms with Crippen LogP contribution in [0.3, 0.4) is 0 Å². The summed E-state index contributed by atoms with van der Waals surface area (Å²) in [5.74, 6) is 5.68. The van der Waals surface area contributed by atoms with Crippen molar-refractivity contribution in [1.29, 1.82) is 0 Å². The smallest absolute Gasteiger partial charge is 0.0899 e. The second-order valence-corrected chi connectivity index (χ2v) is 4.19. The molecule has 1 aromatic carbocycles. The predicted octanol–water partition coefficient (Wildman–Crippen LogP) is 0.985. The Balaban J connectivity index is 2.53. The maximum absolute atomic E-state index is 5.68. The highest BCUT2D eigenvalue weighted by molar-refractivity contribution is 5.39. The molecule has 5 heteroatoms. The Morgan fingerprint density at radius 1 is 1.29 bits per heavy atom. The van der Waals surface area contributed by atoms with Crippen molar-refractivity contribution in [3.63, 3.8) is 0 Å². The minimum absolute atomic E-state index is 0.0869. The second-order valence-electron chi connectivity index (χ2n) is 4.19. The molecule has 90 valence electrons. The Labute approximate surface area is 101 Å². The number of aryl methyl sites for hydroxylation is 3. The van der Waals surface area contributed by atoms with E-state index in [0.717, 1.165) is 5.69 Å². The van der Waals surface area contributed by atoms with Crippen molar-refractivity contribution in [3.05, 3.63) is 46.8 Å². The molecule has 1 atom stereocenters. The van der Waals surface area contributed by atoms with Crippen molar-refractivity contribution < 1.29 is 0 Å². The van der Waals surface area contributed by atoms with E-state index in [2.05, 4.69) is 41.7 Å². The van der Waals surface area contributed by atoms with E-state index < -0.39 is 0 Å². The normalized spacial score (nSPS) is 12.7. The van der Waals surface area contributed by atoms with Gasteiger partial charge in [-0.25, -0.2) is 5.43 Å². The van der Waals surface area contributed by atoms with E-state index in [1.807, 2.05) is 13.1 Å². The highest BCUT2D eigenvalue weighted by atomic mass is 15.4. The topological polar surface area (TPSA) is 68.8 Å². The van der Waals surface area contributed by atoms with Gasteiger partial charge in [-0.3, -0.25) is 10.5 Å². The van der Waals surface area contributed by atoms with Crippen LogP contribution in [0, 0.1) is 13.8 Å². The largest absolute Gasteiger partial charge is 0.271 e. The number of rotatable bonds is 3. The fourth-order valence-electron chi connectivity index (χ4n) is 2.16. The molecule has 0 bridgehead atoms. The lowest BCUT2D eigenvalue weighted by atomic mass is 9.95. The van der Waals surface area contributed by atoms with Crippen LogP contribution in [-0.4, -0.2) is 15.0 Å². The van der Waals surface area contributed by atoms with Crippen LogP contribution in [0.4, 0.5) is 0 Å². The third-order valence-electron chi connectivity index (χ3n) is 3.04. The van der Waals surface area contributed by atoms with Gasteiger partial charge < -0.3 is 0 Å². The van der Waals surface area contributed by atoms with Gasteiger partial charge in [0.2, 0.25) is 0 Å². The molecular formula is C12H17N5. The van der Waals surface area contributed by atoms with E-state index in [9.17, 15) is 0 Å². The molecule has 0 amide bonds. The number of nitrogens with one attached hydrogen (secondary N) is 1. The fraction of sp³-hybridized carbons (Fsp3) is 0.333. The molecule has 0 saturated heterocycles. The fourth-order valence-corrected chi connectivity index (χ4v) is 2.16. The first-order valence-corrected chi connectivity index (χ1v) is 5.52. The van der Waals surface area contributed by atoms with Crippen molar-refractivity contribution in [2.75, 3.05) is 0 Å². The van der Waals surface area contributed by atoms with E-state index >= 15 is 0 Å². The van der Waals surface area contributed by atoms with Crippen LogP contribution in [0.2, 0.25) is 0 Å². The first-order chi connectivity index (χ1) is 8.15. The van der Waals surface area contributed by atoms with Crippen LogP contribution >= 0.6 is 0 Å². The van der Waals surface area contributed by atoms with Gasteiger partial charge >= 0.3 is 0 Å². The van der Waals surface area contributed by atoms with Gasteiger partial charge in [0.15, 0.2) is 0 Å². The maximum atomic E-state index is 5.68. The molecule has 0 fully saturated rings. The first-order valence-electron chi connectivity index (χ1n) is 5.52. The number of nitrogens with zero attached hydrogens (tertiary/aromatic N) is 3. The third kappa shape index (κ3) is 2.07. The van der Waals surface area contributed by atoms with Gasteiger partial charge in [-0.1, -0.05) is 23.4 Å². The van der Waals surface area contributed by atoms with Gasteiger partial charge in [0.1, 0.15) is 0 Å². The molecule has 0 aliphatic rings. The summed E-state index contributed by atoms with van der Waals surface area (Å²) >= 11 is 0. The summed E-state index contributed by atoms with van der Waals surface area (Å²) in [6, 6.07) is 6.12. The molecule has 2 aromatic rings. The number of hydrogen-bond donors (Lipinski definition) is 2. The number of nitrogens with two attached hydrogens (primary N) is 1. The first kappa shape index (κ1) is 11.8. The van der Waals surface area contributed by atoms with E-state index in [1.165, 1.54) is 16.7 Å². The standard InChI is InChI=1S/C12H17N5/c1-8-5-4-6-9(2)11(8)12(15-13)10-7-14-16-17(10)3/h4-7,12,15H,13H2,1-3H3. The molecule has 0 saturated carbocycles. The highest BCUT2D eigenvalue weighted by Crippen LogP contribution is 2.26. The summed E-state index contributed by atoms with van der Waals surface area (Å²) in [6.07, 6.45) is 1.73. The average molecular weight is 231 g/mol. The zero-order valence-electron chi connectivity index (χ0n) is 10.3. The summed E-state index contributed by atoms with van der Waals surface area (Å²) in [7, 11) is 1.86. The van der Waals surface area contributed by atoms with Crippen LogP contribution in [0.15, 0.2) is 24.4 Å². The molecule has 17 heavy (non-hydrogen) atoms. The van der Waals surface area contributed by atoms with Gasteiger partial charge in [-0.05, 0) is 30.5 Å². The van der Waals surface area contributed by atoms with Crippen molar-refractivity contribution in [2.45, 2.75) is 19.9 Å². The average Bonchev–Trinajstić information content (AvgIpc) is 2.70. The summed E-state index contributed by atoms with van der Waals surface area (Å²) < 4.78 is 1.73. The number of benzene rings is 1. The van der Waals surface area contributed by atoms with Gasteiger partial charge in [0.05, 0.1) is 17.9 Å². The molecular weight excluding hydrogens is 214 g/mol. The van der Waals surface area contributed by atoms with E-state index in [1.54, 1.807) is 10.9 Å². The zero-order chi connectivity index (χ0) is 12.4. The summed E-state index contributed by atoms with van der Waals surface area (Å²) in [5.41, 5.74) is 7.38. The SMILES string of the molecule is Cc1cccc(C)c1C(NN)c1cnnn1C. The molecule has 1 aromatic heterocycles. The molecule has 0 aliphatic carbocycles. The molecule has 1 unspecified atom stereocenters. The summed E-state index contributed by atoms with van der Waals surface area (Å²) in [6.45, 7) is 4.16. The monoisotopic (exact) mass is 231 g/mol. The summed E-state index contributed by atoms with van der Waals surface area (Å²) in [4.78, 5) is 0. The van der Waals surface area contributed by atoms with Crippen molar-refractivity contribution in [2.24, 2.45) is 12.9 Å². The van der Waals surface area contributed by atoms with Crippen LogP contribution < -0.4 is 11.3 Å². The molecule has 0 spiro atoms. The predicted molar refractivity (Wildman–Crippen MR) is 66.1 cm³/mol. The van der Waals surface area contributed by atoms with Crippen molar-refractivity contribution >= 4 is 0 Å². The second kappa shape index (κ2) is 4.65. The van der Waals surface area contributed by atoms with Gasteiger partial charge in [0, 0.05) is 7.05 Å². The van der Waals surface area contributed by atoms with Crippen molar-refractivity contribution in [3.8, 4) is 0 Å². The molecule has 1 heterocycles. The molecule has 5 nitrogen and oxygen atoms in total. The lowest BCUT2D eigenvalue weighted by Gasteiger charge is -2.20. The van der Waals surface area contributed by atoms with E-state index in [-0.39, 0.29) is 6.04 Å². The Kier molecular flexibility index (Phi) is 3.21. The molecule has 0 aliphatic heterocycles. The Bertz CT molecular complexity index is 497. The molecule has 2 rings (SSSR count). The third-order valence-corrected chi connectivity index (χ3v) is 3.04. The minimum Gasteiger partial charge on any atom is -0.271 e. The number of hydrogen-bond acceptors (Lipinski definition) is 4. The van der Waals surface area contributed by atoms with Crippen LogP contribution in [0.25, 0.3) is 0 Å². The molecule has 0 radical (unpaired) electrons. The lowest BCUT2D eigenvalue weighted by Crippen LogP contribution is -2.31. The minimum atomic E-state index is -0.0869. The van der Waals surface area contributed by atoms with Gasteiger partial charge in [-0.2, -0.15) is 0 Å². The highest BCUT2D eigenvalue weighted by Gasteiger charge is 2.19. The maximum Gasteiger partial charge on any atom is 0.0899 e. The zero-order valence-corrected chi connectivity index (χ0v) is 10.3. The van der Waals surface area contributed by atoms with Gasteiger partial charge in [-0.15, -0.1) is 5.10 Å². The van der Waals surface area contributed by atoms with E-state index in [4.69, 9.17) is 5.84 Å². The van der Waals surface area contributed by atoms with Crippen LogP contribution in [0.5, 0.6) is 0 Å². The van der Waals surface area contributed by atoms with Gasteiger partial charge in [0.25, 0.3) is 0 Å². The van der Waals surface area contributed by atoms with Crippen LogP contribution in [0.1, 0.15) is 28.4 Å². The Morgan fingerprint density at radius 2 is 1.94 bits per heavy atom. The number of hydrazine groups is 1. The summed E-state index contributed by atoms with van der Waals surface area (Å²) in [5, 5.41) is 7.83. The number of aromatic nitrogens is 3.